The summed E-state index contributed by atoms with van der Waals surface area (Å²) in [6, 6.07) is 4.39. The molecule has 0 saturated heterocycles. The van der Waals surface area contributed by atoms with Crippen molar-refractivity contribution in [2.75, 3.05) is 24.4 Å². The maximum absolute atomic E-state index is 11.6. The number of hydrogen-bond acceptors (Lipinski definition) is 4. The fraction of sp³-hybridized carbons (Fsp3) is 0.429. The SMILES string of the molecule is CCOc1ccc(NC(=O)NC(=O)CCCl)cc1OCC. The number of urea groups is 1. The monoisotopic (exact) mass is 314 g/mol. The first-order valence-corrected chi connectivity index (χ1v) is 7.20. The Balaban J connectivity index is 2.72. The summed E-state index contributed by atoms with van der Waals surface area (Å²) in [5.74, 6) is 0.864. The minimum atomic E-state index is -0.614. The lowest BCUT2D eigenvalue weighted by atomic mass is 10.2. The Morgan fingerprint density at radius 2 is 1.81 bits per heavy atom. The van der Waals surface area contributed by atoms with Crippen LogP contribution < -0.4 is 20.1 Å². The zero-order valence-corrected chi connectivity index (χ0v) is 12.8. The van der Waals surface area contributed by atoms with Crippen molar-refractivity contribution in [2.24, 2.45) is 0 Å². The van der Waals surface area contributed by atoms with Gasteiger partial charge in [-0.2, -0.15) is 0 Å². The summed E-state index contributed by atoms with van der Waals surface area (Å²) >= 11 is 5.42. The molecule has 0 fully saturated rings. The minimum Gasteiger partial charge on any atom is -0.490 e. The number of hydrogen-bond donors (Lipinski definition) is 2. The first kappa shape index (κ1) is 17.1. The molecule has 2 N–H and O–H groups in total. The van der Waals surface area contributed by atoms with Gasteiger partial charge in [-0.05, 0) is 26.0 Å². The van der Waals surface area contributed by atoms with Crippen LogP contribution in [0.5, 0.6) is 11.5 Å². The number of nitrogens with one attached hydrogen (secondary N) is 2. The van der Waals surface area contributed by atoms with Gasteiger partial charge >= 0.3 is 6.03 Å². The number of alkyl halides is 1. The number of ether oxygens (including phenoxy) is 2. The van der Waals surface area contributed by atoms with Crippen molar-refractivity contribution in [1.82, 2.24) is 5.32 Å². The van der Waals surface area contributed by atoms with Gasteiger partial charge in [0.25, 0.3) is 0 Å². The molecule has 0 saturated carbocycles. The van der Waals surface area contributed by atoms with Gasteiger partial charge in [0.1, 0.15) is 0 Å². The van der Waals surface area contributed by atoms with E-state index in [1.165, 1.54) is 0 Å². The van der Waals surface area contributed by atoms with Crippen molar-refractivity contribution in [1.29, 1.82) is 0 Å². The molecule has 0 bridgehead atoms. The van der Waals surface area contributed by atoms with Crippen molar-refractivity contribution in [2.45, 2.75) is 20.3 Å². The molecule has 1 aromatic rings. The van der Waals surface area contributed by atoms with Gasteiger partial charge in [-0.3, -0.25) is 10.1 Å². The van der Waals surface area contributed by atoms with E-state index in [2.05, 4.69) is 10.6 Å². The van der Waals surface area contributed by atoms with E-state index in [9.17, 15) is 9.59 Å². The van der Waals surface area contributed by atoms with Crippen LogP contribution in [0.3, 0.4) is 0 Å². The highest BCUT2D eigenvalue weighted by Crippen LogP contribution is 2.30. The summed E-state index contributed by atoms with van der Waals surface area (Å²) in [6.07, 6.45) is 0.0858. The summed E-state index contributed by atoms with van der Waals surface area (Å²) in [5, 5.41) is 4.72. The molecular formula is C14H19ClN2O4. The largest absolute Gasteiger partial charge is 0.490 e. The number of amides is 3. The minimum absolute atomic E-state index is 0.0858. The smallest absolute Gasteiger partial charge is 0.325 e. The van der Waals surface area contributed by atoms with Crippen molar-refractivity contribution in [3.8, 4) is 11.5 Å². The van der Waals surface area contributed by atoms with Crippen molar-refractivity contribution in [3.63, 3.8) is 0 Å². The average Bonchev–Trinajstić information content (AvgIpc) is 2.42. The van der Waals surface area contributed by atoms with E-state index in [0.29, 0.717) is 30.4 Å². The highest BCUT2D eigenvalue weighted by molar-refractivity contribution is 6.19. The van der Waals surface area contributed by atoms with Gasteiger partial charge in [0.05, 0.1) is 13.2 Å². The third-order valence-corrected chi connectivity index (χ3v) is 2.56. The summed E-state index contributed by atoms with van der Waals surface area (Å²) in [4.78, 5) is 22.9. The molecule has 0 atom stereocenters. The Morgan fingerprint density at radius 1 is 1.14 bits per heavy atom. The predicted octanol–water partition coefficient (Wildman–Crippen LogP) is 2.76. The van der Waals surface area contributed by atoms with Crippen molar-refractivity contribution < 1.29 is 19.1 Å². The molecule has 0 unspecified atom stereocenters. The second kappa shape index (κ2) is 9.07. The first-order chi connectivity index (χ1) is 10.1. The normalized spacial score (nSPS) is 9.86. The van der Waals surface area contributed by atoms with Crippen LogP contribution >= 0.6 is 11.6 Å². The number of carbonyl (C=O) groups excluding carboxylic acids is 2. The number of rotatable bonds is 7. The Bertz CT molecular complexity index is 494. The molecule has 1 rings (SSSR count). The van der Waals surface area contributed by atoms with Crippen LogP contribution in [0.2, 0.25) is 0 Å². The number of anilines is 1. The average molecular weight is 315 g/mol. The van der Waals surface area contributed by atoms with Gasteiger partial charge in [-0.25, -0.2) is 4.79 Å². The molecule has 0 aliphatic carbocycles. The van der Waals surface area contributed by atoms with Gasteiger partial charge < -0.3 is 14.8 Å². The van der Waals surface area contributed by atoms with E-state index in [4.69, 9.17) is 21.1 Å². The highest BCUT2D eigenvalue weighted by Gasteiger charge is 2.10. The molecule has 7 heteroatoms. The third-order valence-electron chi connectivity index (χ3n) is 2.38. The molecule has 116 valence electrons. The number of benzene rings is 1. The highest BCUT2D eigenvalue weighted by atomic mass is 35.5. The maximum atomic E-state index is 11.6. The Hall–Kier alpha value is -1.95. The van der Waals surface area contributed by atoms with Crippen LogP contribution in [-0.4, -0.2) is 31.0 Å². The maximum Gasteiger partial charge on any atom is 0.325 e. The number of imide groups is 1. The topological polar surface area (TPSA) is 76.7 Å². The lowest BCUT2D eigenvalue weighted by Gasteiger charge is -2.13. The summed E-state index contributed by atoms with van der Waals surface area (Å²) < 4.78 is 10.9. The van der Waals surface area contributed by atoms with E-state index in [-0.39, 0.29) is 12.3 Å². The van der Waals surface area contributed by atoms with E-state index >= 15 is 0 Å². The van der Waals surface area contributed by atoms with E-state index in [1.54, 1.807) is 18.2 Å². The molecule has 0 radical (unpaired) electrons. The van der Waals surface area contributed by atoms with Gasteiger partial charge in [0.15, 0.2) is 11.5 Å². The van der Waals surface area contributed by atoms with Crippen LogP contribution in [0.1, 0.15) is 20.3 Å². The predicted molar refractivity (Wildman–Crippen MR) is 81.3 cm³/mol. The second-order valence-corrected chi connectivity index (χ2v) is 4.35. The van der Waals surface area contributed by atoms with Gasteiger partial charge in [0, 0.05) is 24.1 Å². The Labute approximate surface area is 128 Å². The molecule has 0 aromatic heterocycles. The van der Waals surface area contributed by atoms with E-state index < -0.39 is 11.9 Å². The molecular weight excluding hydrogens is 296 g/mol. The first-order valence-electron chi connectivity index (χ1n) is 6.67. The fourth-order valence-electron chi connectivity index (χ4n) is 1.57. The van der Waals surface area contributed by atoms with E-state index in [1.807, 2.05) is 13.8 Å². The van der Waals surface area contributed by atoms with Crippen LogP contribution in [0.25, 0.3) is 0 Å². The van der Waals surface area contributed by atoms with Crippen molar-refractivity contribution in [3.05, 3.63) is 18.2 Å². The van der Waals surface area contributed by atoms with Gasteiger partial charge in [0.2, 0.25) is 5.91 Å². The quantitative estimate of drug-likeness (QED) is 0.759. The molecule has 0 aliphatic rings. The Kier molecular flexibility index (Phi) is 7.39. The zero-order valence-electron chi connectivity index (χ0n) is 12.1. The molecule has 6 nitrogen and oxygen atoms in total. The summed E-state index contributed by atoms with van der Waals surface area (Å²) in [7, 11) is 0. The van der Waals surface area contributed by atoms with Crippen LogP contribution in [0.4, 0.5) is 10.5 Å². The van der Waals surface area contributed by atoms with Gasteiger partial charge in [-0.1, -0.05) is 0 Å². The molecule has 0 aliphatic heterocycles. The molecule has 21 heavy (non-hydrogen) atoms. The number of halogens is 1. The third kappa shape index (κ3) is 5.91. The van der Waals surface area contributed by atoms with Crippen molar-refractivity contribution >= 4 is 29.2 Å². The molecule has 0 heterocycles. The fourth-order valence-corrected chi connectivity index (χ4v) is 1.74. The van der Waals surface area contributed by atoms with Gasteiger partial charge in [-0.15, -0.1) is 11.6 Å². The molecule has 3 amide bonds. The summed E-state index contributed by atoms with van der Waals surface area (Å²) in [6.45, 7) is 4.72. The number of carbonyl (C=O) groups is 2. The standard InChI is InChI=1S/C14H19ClN2O4/c1-3-20-11-6-5-10(9-12(11)21-4-2)16-14(19)17-13(18)7-8-15/h5-6,9H,3-4,7-8H2,1-2H3,(H2,16,17,18,19). The lowest BCUT2D eigenvalue weighted by Crippen LogP contribution is -2.34. The zero-order chi connectivity index (χ0) is 15.7. The van der Waals surface area contributed by atoms with Crippen LogP contribution in [0.15, 0.2) is 18.2 Å². The Morgan fingerprint density at radius 3 is 2.43 bits per heavy atom. The molecule has 1 aromatic carbocycles. The van der Waals surface area contributed by atoms with Crippen LogP contribution in [-0.2, 0) is 4.79 Å². The van der Waals surface area contributed by atoms with E-state index in [0.717, 1.165) is 0 Å². The molecule has 0 spiro atoms. The summed E-state index contributed by atoms with van der Waals surface area (Å²) in [5.41, 5.74) is 0.498. The lowest BCUT2D eigenvalue weighted by molar-refractivity contribution is -0.119. The van der Waals surface area contributed by atoms with Crippen LogP contribution in [0, 0.1) is 0 Å². The second-order valence-electron chi connectivity index (χ2n) is 3.97.